The lowest BCUT2D eigenvalue weighted by molar-refractivity contribution is 0.533. The van der Waals surface area contributed by atoms with Crippen molar-refractivity contribution in [1.29, 1.82) is 0 Å². The molecule has 0 spiro atoms. The van der Waals surface area contributed by atoms with Crippen molar-refractivity contribution < 1.29 is 0 Å². The molecule has 18 heavy (non-hydrogen) atoms. The Morgan fingerprint density at radius 2 is 2.00 bits per heavy atom. The van der Waals surface area contributed by atoms with Gasteiger partial charge in [-0.1, -0.05) is 13.8 Å². The van der Waals surface area contributed by atoms with Crippen LogP contribution >= 0.6 is 0 Å². The van der Waals surface area contributed by atoms with Crippen LogP contribution in [0.2, 0.25) is 0 Å². The lowest BCUT2D eigenvalue weighted by Crippen LogP contribution is -2.29. The number of hydrogen-bond acceptors (Lipinski definition) is 4. The molecule has 1 aromatic heterocycles. The number of nitrogens with one attached hydrogen (secondary N) is 2. The third-order valence-corrected chi connectivity index (χ3v) is 4.12. The van der Waals surface area contributed by atoms with Crippen LogP contribution in [0.3, 0.4) is 0 Å². The Hall–Kier alpha value is -1.36. The Kier molecular flexibility index (Phi) is 2.86. The first-order valence-corrected chi connectivity index (χ1v) is 6.70. The zero-order valence-electron chi connectivity index (χ0n) is 10.9. The quantitative estimate of drug-likeness (QED) is 0.802. The average molecular weight is 248 g/mol. The van der Waals surface area contributed by atoms with Gasteiger partial charge in [0.25, 0.3) is 5.56 Å². The molecule has 0 saturated carbocycles. The van der Waals surface area contributed by atoms with Crippen LogP contribution in [0, 0.1) is 11.8 Å². The van der Waals surface area contributed by atoms with Crippen LogP contribution in [-0.2, 0) is 0 Å². The summed E-state index contributed by atoms with van der Waals surface area (Å²) in [6.45, 7) is 8.21. The summed E-state index contributed by atoms with van der Waals surface area (Å²) in [5.41, 5.74) is 0.769. The molecular weight excluding hydrogens is 228 g/mol. The van der Waals surface area contributed by atoms with Gasteiger partial charge in [0.15, 0.2) is 0 Å². The molecule has 2 aliphatic heterocycles. The molecular formula is C13H20N4O. The van der Waals surface area contributed by atoms with E-state index in [1.165, 1.54) is 0 Å². The molecule has 3 rings (SSSR count). The molecule has 2 N–H and O–H groups in total. The van der Waals surface area contributed by atoms with Crippen LogP contribution in [0.4, 0.5) is 5.95 Å². The van der Waals surface area contributed by atoms with Gasteiger partial charge in [-0.25, -0.2) is 4.98 Å². The van der Waals surface area contributed by atoms with E-state index in [9.17, 15) is 4.79 Å². The van der Waals surface area contributed by atoms with E-state index in [1.807, 2.05) is 13.8 Å². The number of fused-ring (bicyclic) bond motifs is 1. The number of hydrogen-bond donors (Lipinski definition) is 2. The minimum Gasteiger partial charge on any atom is -0.342 e. The molecule has 2 atom stereocenters. The predicted octanol–water partition coefficient (Wildman–Crippen LogP) is 0.549. The van der Waals surface area contributed by atoms with Gasteiger partial charge in [-0.05, 0) is 17.8 Å². The molecule has 2 unspecified atom stereocenters. The molecule has 1 aromatic rings. The summed E-state index contributed by atoms with van der Waals surface area (Å²) in [7, 11) is 0. The maximum absolute atomic E-state index is 12.0. The van der Waals surface area contributed by atoms with Crippen molar-refractivity contribution in [3.05, 3.63) is 22.1 Å². The van der Waals surface area contributed by atoms with Crippen molar-refractivity contribution in [1.82, 2.24) is 15.3 Å². The highest BCUT2D eigenvalue weighted by Crippen LogP contribution is 2.28. The maximum atomic E-state index is 12.0. The third-order valence-electron chi connectivity index (χ3n) is 4.12. The van der Waals surface area contributed by atoms with E-state index >= 15 is 0 Å². The summed E-state index contributed by atoms with van der Waals surface area (Å²) >= 11 is 0. The largest absolute Gasteiger partial charge is 0.342 e. The highest BCUT2D eigenvalue weighted by molar-refractivity contribution is 5.33. The predicted molar refractivity (Wildman–Crippen MR) is 71.0 cm³/mol. The zero-order chi connectivity index (χ0) is 12.7. The number of anilines is 1. The van der Waals surface area contributed by atoms with E-state index in [0.29, 0.717) is 11.8 Å². The maximum Gasteiger partial charge on any atom is 0.255 e. The first-order chi connectivity index (χ1) is 8.65. The molecule has 0 aliphatic carbocycles. The Morgan fingerprint density at radius 3 is 2.56 bits per heavy atom. The van der Waals surface area contributed by atoms with Crippen molar-refractivity contribution in [2.24, 2.45) is 11.8 Å². The summed E-state index contributed by atoms with van der Waals surface area (Å²) in [6, 6.07) is 0. The van der Waals surface area contributed by atoms with Gasteiger partial charge in [-0.2, -0.15) is 0 Å². The SMILES string of the molecule is CC(C)c1cnc(N2CC3CNCC3C2)[nH]c1=O. The smallest absolute Gasteiger partial charge is 0.255 e. The molecule has 2 saturated heterocycles. The highest BCUT2D eigenvalue weighted by atomic mass is 16.1. The monoisotopic (exact) mass is 248 g/mol. The highest BCUT2D eigenvalue weighted by Gasteiger charge is 2.36. The summed E-state index contributed by atoms with van der Waals surface area (Å²) in [6.07, 6.45) is 1.73. The van der Waals surface area contributed by atoms with Crippen LogP contribution < -0.4 is 15.8 Å². The second kappa shape index (κ2) is 4.39. The van der Waals surface area contributed by atoms with Crippen LogP contribution in [0.5, 0.6) is 0 Å². The van der Waals surface area contributed by atoms with E-state index in [-0.39, 0.29) is 11.5 Å². The van der Waals surface area contributed by atoms with Gasteiger partial charge in [0.1, 0.15) is 0 Å². The zero-order valence-corrected chi connectivity index (χ0v) is 10.9. The van der Waals surface area contributed by atoms with Crippen LogP contribution in [0.15, 0.2) is 11.0 Å². The van der Waals surface area contributed by atoms with Gasteiger partial charge in [-0.15, -0.1) is 0 Å². The van der Waals surface area contributed by atoms with Gasteiger partial charge in [0.2, 0.25) is 5.95 Å². The number of aromatic amines is 1. The fourth-order valence-electron chi connectivity index (χ4n) is 3.00. The van der Waals surface area contributed by atoms with E-state index in [4.69, 9.17) is 0 Å². The molecule has 5 heteroatoms. The van der Waals surface area contributed by atoms with Crippen LogP contribution in [-0.4, -0.2) is 36.1 Å². The minimum atomic E-state index is 0.00480. The molecule has 98 valence electrons. The minimum absolute atomic E-state index is 0.00480. The second-order valence-electron chi connectivity index (χ2n) is 5.73. The summed E-state index contributed by atoms with van der Waals surface area (Å²) < 4.78 is 0. The first-order valence-electron chi connectivity index (χ1n) is 6.70. The van der Waals surface area contributed by atoms with Crippen LogP contribution in [0.1, 0.15) is 25.3 Å². The molecule has 2 fully saturated rings. The number of nitrogens with zero attached hydrogens (tertiary/aromatic N) is 2. The standard InChI is InChI=1S/C13H20N4O/c1-8(2)11-5-15-13(16-12(11)18)17-6-9-3-14-4-10(9)7-17/h5,8-10,14H,3-4,6-7H2,1-2H3,(H,15,16,18). The van der Waals surface area contributed by atoms with E-state index in [0.717, 1.165) is 37.7 Å². The van der Waals surface area contributed by atoms with Gasteiger partial charge in [0.05, 0.1) is 0 Å². The third kappa shape index (κ3) is 1.92. The molecule has 0 aromatic carbocycles. The Labute approximate surface area is 107 Å². The number of aromatic nitrogens is 2. The molecule has 0 radical (unpaired) electrons. The van der Waals surface area contributed by atoms with Crippen molar-refractivity contribution in [3.63, 3.8) is 0 Å². The van der Waals surface area contributed by atoms with E-state index < -0.39 is 0 Å². The van der Waals surface area contributed by atoms with E-state index in [1.54, 1.807) is 6.20 Å². The van der Waals surface area contributed by atoms with Crippen molar-refractivity contribution in [2.75, 3.05) is 31.1 Å². The lowest BCUT2D eigenvalue weighted by atomic mass is 10.0. The van der Waals surface area contributed by atoms with Gasteiger partial charge in [-0.3, -0.25) is 9.78 Å². The summed E-state index contributed by atoms with van der Waals surface area (Å²) in [5, 5.41) is 3.41. The fourth-order valence-corrected chi connectivity index (χ4v) is 3.00. The Bertz CT molecular complexity index is 484. The summed E-state index contributed by atoms with van der Waals surface area (Å²) in [5.74, 6) is 2.37. The molecule has 2 aliphatic rings. The van der Waals surface area contributed by atoms with Crippen molar-refractivity contribution in [3.8, 4) is 0 Å². The van der Waals surface area contributed by atoms with Crippen molar-refractivity contribution in [2.45, 2.75) is 19.8 Å². The topological polar surface area (TPSA) is 61.0 Å². The molecule has 5 nitrogen and oxygen atoms in total. The normalized spacial score (nSPS) is 26.9. The Morgan fingerprint density at radius 1 is 1.33 bits per heavy atom. The fraction of sp³-hybridized carbons (Fsp3) is 0.692. The molecule has 3 heterocycles. The van der Waals surface area contributed by atoms with Crippen LogP contribution in [0.25, 0.3) is 0 Å². The van der Waals surface area contributed by atoms with Gasteiger partial charge >= 0.3 is 0 Å². The first kappa shape index (κ1) is 11.7. The molecule has 0 amide bonds. The van der Waals surface area contributed by atoms with Crippen molar-refractivity contribution >= 4 is 5.95 Å². The Balaban J connectivity index is 1.82. The molecule has 0 bridgehead atoms. The average Bonchev–Trinajstić information content (AvgIpc) is 2.87. The summed E-state index contributed by atoms with van der Waals surface area (Å²) in [4.78, 5) is 21.5. The second-order valence-corrected chi connectivity index (χ2v) is 5.73. The van der Waals surface area contributed by atoms with Gasteiger partial charge in [0, 0.05) is 37.9 Å². The van der Waals surface area contributed by atoms with Gasteiger partial charge < -0.3 is 10.2 Å². The number of rotatable bonds is 2. The lowest BCUT2D eigenvalue weighted by Gasteiger charge is -2.18. The number of H-pyrrole nitrogens is 1. The van der Waals surface area contributed by atoms with E-state index in [2.05, 4.69) is 20.2 Å².